The largest absolute Gasteiger partial charge is 0.495 e. The van der Waals surface area contributed by atoms with Crippen molar-refractivity contribution in [2.75, 3.05) is 17.7 Å². The van der Waals surface area contributed by atoms with E-state index in [1.54, 1.807) is 19.4 Å². The molecule has 3 aromatic rings. The number of benzene rings is 2. The quantitative estimate of drug-likeness (QED) is 0.636. The van der Waals surface area contributed by atoms with E-state index >= 15 is 0 Å². The minimum Gasteiger partial charge on any atom is -0.495 e. The van der Waals surface area contributed by atoms with Gasteiger partial charge < -0.3 is 15.4 Å². The number of rotatable bonds is 6. The van der Waals surface area contributed by atoms with Crippen LogP contribution in [-0.2, 0) is 6.54 Å². The average Bonchev–Trinajstić information content (AvgIpc) is 2.68. The topological polar surface area (TPSA) is 63.2 Å². The summed E-state index contributed by atoms with van der Waals surface area (Å²) in [5.74, 6) is 0.362. The molecule has 0 radical (unpaired) electrons. The lowest BCUT2D eigenvalue weighted by Crippen LogP contribution is -2.13. The van der Waals surface area contributed by atoms with Crippen molar-refractivity contribution >= 4 is 28.9 Å². The number of hydrogen-bond donors (Lipinski definition) is 2. The zero-order valence-corrected chi connectivity index (χ0v) is 15.9. The highest BCUT2D eigenvalue weighted by atomic mass is 35.5. The predicted molar refractivity (Wildman–Crippen MR) is 109 cm³/mol. The number of nitrogens with zero attached hydrogens (tertiary/aromatic N) is 1. The van der Waals surface area contributed by atoms with Gasteiger partial charge in [0, 0.05) is 24.0 Å². The molecule has 6 heteroatoms. The van der Waals surface area contributed by atoms with Gasteiger partial charge >= 0.3 is 0 Å². The molecule has 1 amide bonds. The molecule has 0 saturated heterocycles. The first-order valence-corrected chi connectivity index (χ1v) is 8.82. The van der Waals surface area contributed by atoms with Crippen LogP contribution in [0.1, 0.15) is 21.5 Å². The summed E-state index contributed by atoms with van der Waals surface area (Å²) in [6, 6.07) is 15.0. The van der Waals surface area contributed by atoms with Crippen LogP contribution in [0.2, 0.25) is 5.02 Å². The molecule has 0 saturated carbocycles. The van der Waals surface area contributed by atoms with E-state index in [0.717, 1.165) is 16.8 Å². The van der Waals surface area contributed by atoms with E-state index in [-0.39, 0.29) is 5.91 Å². The number of aromatic nitrogens is 1. The fourth-order valence-electron chi connectivity index (χ4n) is 2.58. The van der Waals surface area contributed by atoms with E-state index in [1.807, 2.05) is 49.4 Å². The predicted octanol–water partition coefficient (Wildman–Crippen LogP) is 4.92. The van der Waals surface area contributed by atoms with Gasteiger partial charge in [-0.1, -0.05) is 29.8 Å². The van der Waals surface area contributed by atoms with Crippen LogP contribution in [0.4, 0.5) is 11.4 Å². The monoisotopic (exact) mass is 381 g/mol. The van der Waals surface area contributed by atoms with Gasteiger partial charge in [-0.05, 0) is 48.4 Å². The Morgan fingerprint density at radius 3 is 2.63 bits per heavy atom. The molecule has 3 rings (SSSR count). The van der Waals surface area contributed by atoms with Gasteiger partial charge in [0.05, 0.1) is 24.0 Å². The molecule has 0 bridgehead atoms. The molecule has 138 valence electrons. The molecule has 1 heterocycles. The molecule has 0 spiro atoms. The second-order valence-electron chi connectivity index (χ2n) is 6.10. The third kappa shape index (κ3) is 4.99. The van der Waals surface area contributed by atoms with E-state index < -0.39 is 0 Å². The highest BCUT2D eigenvalue weighted by Crippen LogP contribution is 2.26. The molecule has 2 N–H and O–H groups in total. The molecule has 5 nitrogen and oxygen atoms in total. The van der Waals surface area contributed by atoms with E-state index in [1.165, 1.54) is 6.20 Å². The number of amides is 1. The molecule has 0 aliphatic carbocycles. The number of pyridine rings is 1. The Morgan fingerprint density at radius 2 is 1.89 bits per heavy atom. The fraction of sp³-hybridized carbons (Fsp3) is 0.143. The van der Waals surface area contributed by atoms with Crippen molar-refractivity contribution in [2.45, 2.75) is 13.5 Å². The molecular weight excluding hydrogens is 362 g/mol. The summed E-state index contributed by atoms with van der Waals surface area (Å²) < 4.78 is 5.30. The van der Waals surface area contributed by atoms with Crippen LogP contribution in [0.3, 0.4) is 0 Å². The molecule has 0 unspecified atom stereocenters. The summed E-state index contributed by atoms with van der Waals surface area (Å²) in [6.45, 7) is 2.56. The van der Waals surface area contributed by atoms with Gasteiger partial charge in [0.2, 0.25) is 0 Å². The molecule has 2 aromatic carbocycles. The zero-order chi connectivity index (χ0) is 19.2. The summed E-state index contributed by atoms with van der Waals surface area (Å²) in [5, 5.41) is 6.84. The van der Waals surface area contributed by atoms with Gasteiger partial charge in [-0.15, -0.1) is 0 Å². The lowest BCUT2D eigenvalue weighted by molar-refractivity contribution is 0.102. The van der Waals surface area contributed by atoms with Gasteiger partial charge in [-0.2, -0.15) is 0 Å². The van der Waals surface area contributed by atoms with Crippen molar-refractivity contribution in [1.82, 2.24) is 4.98 Å². The first kappa shape index (κ1) is 18.7. The number of aryl methyl sites for hydroxylation is 1. The van der Waals surface area contributed by atoms with E-state index in [0.29, 0.717) is 28.6 Å². The van der Waals surface area contributed by atoms with E-state index in [4.69, 9.17) is 16.3 Å². The maximum Gasteiger partial charge on any atom is 0.257 e. The summed E-state index contributed by atoms with van der Waals surface area (Å²) in [4.78, 5) is 16.8. The van der Waals surface area contributed by atoms with Crippen LogP contribution in [0, 0.1) is 6.92 Å². The van der Waals surface area contributed by atoms with Gasteiger partial charge in [0.15, 0.2) is 0 Å². The van der Waals surface area contributed by atoms with Crippen LogP contribution in [0.5, 0.6) is 5.75 Å². The minimum absolute atomic E-state index is 0.249. The van der Waals surface area contributed by atoms with E-state index in [2.05, 4.69) is 15.6 Å². The number of nitrogens with one attached hydrogen (secondary N) is 2. The van der Waals surface area contributed by atoms with Gasteiger partial charge in [0.25, 0.3) is 5.91 Å². The third-order valence-electron chi connectivity index (χ3n) is 4.01. The van der Waals surface area contributed by atoms with Crippen molar-refractivity contribution in [3.8, 4) is 5.75 Å². The number of anilines is 2. The first-order valence-electron chi connectivity index (χ1n) is 8.44. The second kappa shape index (κ2) is 8.56. The summed E-state index contributed by atoms with van der Waals surface area (Å²) in [6.07, 6.45) is 3.21. The van der Waals surface area contributed by atoms with Gasteiger partial charge in [-0.25, -0.2) is 0 Å². The standard InChI is InChI=1S/C21H20ClN3O2/c1-14-3-8-20(27-2)19(9-14)25-21(26)16-10-18(13-23-12-16)24-11-15-4-6-17(22)7-5-15/h3-10,12-13,24H,11H2,1-2H3,(H,25,26). The van der Waals surface area contributed by atoms with Crippen molar-refractivity contribution in [2.24, 2.45) is 0 Å². The van der Waals surface area contributed by atoms with Gasteiger partial charge in [0.1, 0.15) is 5.75 Å². The summed E-state index contributed by atoms with van der Waals surface area (Å²) >= 11 is 5.90. The Bertz CT molecular complexity index is 942. The number of halogens is 1. The second-order valence-corrected chi connectivity index (χ2v) is 6.54. The van der Waals surface area contributed by atoms with Crippen LogP contribution in [-0.4, -0.2) is 18.0 Å². The Balaban J connectivity index is 1.70. The highest BCUT2D eigenvalue weighted by Gasteiger charge is 2.11. The molecule has 1 aromatic heterocycles. The zero-order valence-electron chi connectivity index (χ0n) is 15.1. The lowest BCUT2D eigenvalue weighted by Gasteiger charge is -2.12. The molecule has 0 atom stereocenters. The fourth-order valence-corrected chi connectivity index (χ4v) is 2.71. The molecule has 0 aliphatic rings. The smallest absolute Gasteiger partial charge is 0.257 e. The maximum atomic E-state index is 12.6. The number of carbonyl (C=O) groups is 1. The van der Waals surface area contributed by atoms with Crippen LogP contribution in [0.15, 0.2) is 60.9 Å². The Labute approximate surface area is 163 Å². The van der Waals surface area contributed by atoms with Crippen molar-refractivity contribution in [3.05, 3.63) is 82.6 Å². The first-order chi connectivity index (χ1) is 13.0. The number of carbonyl (C=O) groups excluding carboxylic acids is 1. The molecular formula is C21H20ClN3O2. The number of ether oxygens (including phenoxy) is 1. The SMILES string of the molecule is COc1ccc(C)cc1NC(=O)c1cncc(NCc2ccc(Cl)cc2)c1. The summed E-state index contributed by atoms with van der Waals surface area (Å²) in [5.41, 5.74) is 3.96. The number of hydrogen-bond acceptors (Lipinski definition) is 4. The average molecular weight is 382 g/mol. The maximum absolute atomic E-state index is 12.6. The molecule has 0 fully saturated rings. The van der Waals surface area contributed by atoms with Gasteiger partial charge in [-0.3, -0.25) is 9.78 Å². The van der Waals surface area contributed by atoms with Crippen molar-refractivity contribution in [1.29, 1.82) is 0 Å². The lowest BCUT2D eigenvalue weighted by atomic mass is 10.2. The van der Waals surface area contributed by atoms with Crippen molar-refractivity contribution in [3.63, 3.8) is 0 Å². The summed E-state index contributed by atoms with van der Waals surface area (Å²) in [7, 11) is 1.57. The van der Waals surface area contributed by atoms with Crippen molar-refractivity contribution < 1.29 is 9.53 Å². The van der Waals surface area contributed by atoms with Crippen LogP contribution < -0.4 is 15.4 Å². The Morgan fingerprint density at radius 1 is 1.11 bits per heavy atom. The normalized spacial score (nSPS) is 10.3. The minimum atomic E-state index is -0.249. The molecule has 27 heavy (non-hydrogen) atoms. The van der Waals surface area contributed by atoms with E-state index in [9.17, 15) is 4.79 Å². The third-order valence-corrected chi connectivity index (χ3v) is 4.27. The highest BCUT2D eigenvalue weighted by molar-refractivity contribution is 6.30. The van der Waals surface area contributed by atoms with Crippen LogP contribution >= 0.6 is 11.6 Å². The number of methoxy groups -OCH3 is 1. The van der Waals surface area contributed by atoms with Crippen LogP contribution in [0.25, 0.3) is 0 Å². The molecule has 0 aliphatic heterocycles. The Hall–Kier alpha value is -3.05. The Kier molecular flexibility index (Phi) is 5.94.